The number of rotatable bonds is 3. The maximum absolute atomic E-state index is 13.6. The molecule has 3 saturated heterocycles. The summed E-state index contributed by atoms with van der Waals surface area (Å²) < 4.78 is 12.7. The van der Waals surface area contributed by atoms with Crippen LogP contribution in [0.5, 0.6) is 0 Å². The minimum absolute atomic E-state index is 0.210. The van der Waals surface area contributed by atoms with Crippen LogP contribution in [0.3, 0.4) is 0 Å². The first-order valence-electron chi connectivity index (χ1n) is 10.8. The first-order chi connectivity index (χ1) is 14.6. The van der Waals surface area contributed by atoms with Crippen molar-refractivity contribution < 1.29 is 23.9 Å². The van der Waals surface area contributed by atoms with E-state index in [4.69, 9.17) is 9.47 Å². The Kier molecular flexibility index (Phi) is 5.93. The van der Waals surface area contributed by atoms with Crippen LogP contribution < -0.4 is 0 Å². The number of imide groups is 1. The van der Waals surface area contributed by atoms with Crippen LogP contribution in [0.4, 0.5) is 9.59 Å². The molecule has 0 aromatic carbocycles. The van der Waals surface area contributed by atoms with Crippen molar-refractivity contribution in [2.75, 3.05) is 32.8 Å². The highest BCUT2D eigenvalue weighted by Gasteiger charge is 2.60. The third-order valence-electron chi connectivity index (χ3n) is 6.31. The maximum atomic E-state index is 13.6. The second-order valence-electron chi connectivity index (χ2n) is 9.96. The molecule has 3 fully saturated rings. The van der Waals surface area contributed by atoms with E-state index in [0.717, 1.165) is 18.4 Å². The molecule has 3 heterocycles. The highest BCUT2D eigenvalue weighted by atomic mass is 79.9. The topological polar surface area (TPSA) is 79.4 Å². The van der Waals surface area contributed by atoms with Crippen molar-refractivity contribution in [3.05, 3.63) is 23.8 Å². The molecule has 2 unspecified atom stereocenters. The number of allylic oxidation sites excluding steroid dienone is 3. The summed E-state index contributed by atoms with van der Waals surface area (Å²) >= 11 is 3.52. The van der Waals surface area contributed by atoms with Crippen LogP contribution in [0.15, 0.2) is 23.8 Å². The fourth-order valence-electron chi connectivity index (χ4n) is 4.88. The van der Waals surface area contributed by atoms with Gasteiger partial charge in [-0.25, -0.2) is 18.4 Å². The quantitative estimate of drug-likeness (QED) is 0.557. The van der Waals surface area contributed by atoms with Crippen LogP contribution in [-0.2, 0) is 14.3 Å². The fourth-order valence-corrected chi connectivity index (χ4v) is 5.67. The number of hydrogen-bond donors (Lipinski definition) is 0. The number of carbonyl (C=O) groups excluding carboxylic acids is 3. The van der Waals surface area contributed by atoms with Gasteiger partial charge in [-0.05, 0) is 40.0 Å². The Morgan fingerprint density at radius 3 is 2.65 bits per heavy atom. The van der Waals surface area contributed by atoms with E-state index in [2.05, 4.69) is 34.4 Å². The lowest BCUT2D eigenvalue weighted by Crippen LogP contribution is -2.65. The summed E-state index contributed by atoms with van der Waals surface area (Å²) in [5.74, 6) is -0.603. The molecule has 0 radical (unpaired) electrons. The SMILES string of the molecule is CC(C)(C)OC(=O)N1CC2(CN(Br)CC2C(=O)N2C(=O)OCC2CC2=CCCC=C2)C1. The van der Waals surface area contributed by atoms with Crippen molar-refractivity contribution in [2.45, 2.75) is 51.7 Å². The molecule has 0 aromatic rings. The van der Waals surface area contributed by atoms with Gasteiger partial charge in [-0.15, -0.1) is 0 Å². The molecule has 0 saturated carbocycles. The van der Waals surface area contributed by atoms with Crippen molar-refractivity contribution in [1.82, 2.24) is 13.7 Å². The van der Waals surface area contributed by atoms with Crippen LogP contribution in [0.2, 0.25) is 0 Å². The molecule has 8 nitrogen and oxygen atoms in total. The van der Waals surface area contributed by atoms with Gasteiger partial charge in [0.05, 0.1) is 12.0 Å². The van der Waals surface area contributed by atoms with Gasteiger partial charge < -0.3 is 14.4 Å². The molecule has 4 rings (SSSR count). The molecular weight excluding hydrogens is 466 g/mol. The van der Waals surface area contributed by atoms with Crippen molar-refractivity contribution in [3.63, 3.8) is 0 Å². The lowest BCUT2D eigenvalue weighted by atomic mass is 9.71. The van der Waals surface area contributed by atoms with Crippen LogP contribution in [-0.4, -0.2) is 76.2 Å². The van der Waals surface area contributed by atoms with Gasteiger partial charge in [0.2, 0.25) is 5.91 Å². The molecule has 1 aliphatic carbocycles. The number of nitrogens with zero attached hydrogens (tertiary/aromatic N) is 3. The summed E-state index contributed by atoms with van der Waals surface area (Å²) in [5.41, 5.74) is 0.172. The van der Waals surface area contributed by atoms with Gasteiger partial charge in [0.1, 0.15) is 12.2 Å². The Morgan fingerprint density at radius 2 is 2.00 bits per heavy atom. The smallest absolute Gasteiger partial charge is 0.416 e. The van der Waals surface area contributed by atoms with Gasteiger partial charge in [0.25, 0.3) is 0 Å². The predicted octanol–water partition coefficient (Wildman–Crippen LogP) is 3.48. The molecule has 170 valence electrons. The van der Waals surface area contributed by atoms with Crippen molar-refractivity contribution in [2.24, 2.45) is 11.3 Å². The van der Waals surface area contributed by atoms with Crippen LogP contribution in [0.1, 0.15) is 40.0 Å². The summed E-state index contributed by atoms with van der Waals surface area (Å²) in [6.45, 7) is 7.70. The standard InChI is InChI=1S/C22H30BrN3O5/c1-21(2,3)31-19(28)24-12-22(13-24)14-25(23)10-17(22)18(27)26-16(11-30-20(26)29)9-15-7-5-4-6-8-15/h5,7-8,16-17H,4,6,9-14H2,1-3H3. The Hall–Kier alpha value is -1.87. The molecule has 0 bridgehead atoms. The summed E-state index contributed by atoms with van der Waals surface area (Å²) in [6.07, 6.45) is 8.01. The van der Waals surface area contributed by atoms with E-state index in [9.17, 15) is 14.4 Å². The molecular formula is C22H30BrN3O5. The Labute approximate surface area is 191 Å². The van der Waals surface area contributed by atoms with Gasteiger partial charge in [-0.3, -0.25) is 4.79 Å². The number of ether oxygens (including phenoxy) is 2. The number of cyclic esters (lactones) is 1. The second-order valence-corrected chi connectivity index (χ2v) is 11.0. The normalized spacial score (nSPS) is 27.9. The molecule has 2 atom stereocenters. The summed E-state index contributed by atoms with van der Waals surface area (Å²) in [7, 11) is 0. The monoisotopic (exact) mass is 495 g/mol. The number of halogens is 1. The van der Waals surface area contributed by atoms with E-state index in [1.54, 1.807) is 4.90 Å². The fraction of sp³-hybridized carbons (Fsp3) is 0.682. The van der Waals surface area contributed by atoms with E-state index in [1.807, 2.05) is 24.7 Å². The van der Waals surface area contributed by atoms with E-state index < -0.39 is 23.0 Å². The van der Waals surface area contributed by atoms with Crippen molar-refractivity contribution in [3.8, 4) is 0 Å². The number of hydrogen-bond acceptors (Lipinski definition) is 6. The van der Waals surface area contributed by atoms with E-state index in [-0.39, 0.29) is 24.6 Å². The zero-order valence-electron chi connectivity index (χ0n) is 18.3. The third kappa shape index (κ3) is 4.53. The lowest BCUT2D eigenvalue weighted by Gasteiger charge is -2.50. The summed E-state index contributed by atoms with van der Waals surface area (Å²) in [5, 5.41) is 0. The Bertz CT molecular complexity index is 827. The Balaban J connectivity index is 1.46. The zero-order valence-corrected chi connectivity index (χ0v) is 19.9. The maximum Gasteiger partial charge on any atom is 0.416 e. The van der Waals surface area contributed by atoms with E-state index in [1.165, 1.54) is 4.90 Å². The molecule has 4 aliphatic rings. The third-order valence-corrected chi connectivity index (χ3v) is 6.85. The average Bonchev–Trinajstić information content (AvgIpc) is 3.19. The predicted molar refractivity (Wildman–Crippen MR) is 117 cm³/mol. The number of amides is 3. The molecule has 3 aliphatic heterocycles. The first kappa shape index (κ1) is 22.3. The summed E-state index contributed by atoms with van der Waals surface area (Å²) in [6, 6.07) is -0.294. The number of carbonyl (C=O) groups is 3. The zero-order chi connectivity index (χ0) is 22.4. The van der Waals surface area contributed by atoms with Crippen molar-refractivity contribution in [1.29, 1.82) is 0 Å². The van der Waals surface area contributed by atoms with E-state index in [0.29, 0.717) is 32.6 Å². The van der Waals surface area contributed by atoms with Gasteiger partial charge in [0.15, 0.2) is 0 Å². The molecule has 9 heteroatoms. The van der Waals surface area contributed by atoms with Gasteiger partial charge >= 0.3 is 12.2 Å². The number of likely N-dealkylation sites (tertiary alicyclic amines) is 1. The Morgan fingerprint density at radius 1 is 1.26 bits per heavy atom. The van der Waals surface area contributed by atoms with Crippen LogP contribution in [0.25, 0.3) is 0 Å². The van der Waals surface area contributed by atoms with Gasteiger partial charge in [0, 0.05) is 47.7 Å². The second kappa shape index (κ2) is 8.24. The highest BCUT2D eigenvalue weighted by molar-refractivity contribution is 9.07. The molecule has 0 aromatic heterocycles. The molecule has 31 heavy (non-hydrogen) atoms. The summed E-state index contributed by atoms with van der Waals surface area (Å²) in [4.78, 5) is 41.4. The van der Waals surface area contributed by atoms with Crippen LogP contribution >= 0.6 is 16.1 Å². The average molecular weight is 496 g/mol. The first-order valence-corrected chi connectivity index (χ1v) is 11.5. The molecule has 0 N–H and O–H groups in total. The van der Waals surface area contributed by atoms with Crippen LogP contribution in [0, 0.1) is 11.3 Å². The largest absolute Gasteiger partial charge is 0.447 e. The minimum atomic E-state index is -0.568. The highest BCUT2D eigenvalue weighted by Crippen LogP contribution is 2.46. The van der Waals surface area contributed by atoms with E-state index >= 15 is 0 Å². The molecule has 3 amide bonds. The van der Waals surface area contributed by atoms with Gasteiger partial charge in [-0.2, -0.15) is 0 Å². The minimum Gasteiger partial charge on any atom is -0.447 e. The lowest BCUT2D eigenvalue weighted by molar-refractivity contribution is -0.141. The van der Waals surface area contributed by atoms with Crippen molar-refractivity contribution >= 4 is 34.2 Å². The molecule has 1 spiro atoms. The van der Waals surface area contributed by atoms with Gasteiger partial charge in [-0.1, -0.05) is 23.8 Å².